The van der Waals surface area contributed by atoms with Gasteiger partial charge in [-0.15, -0.1) is 0 Å². The molecule has 1 rings (SSSR count). The predicted molar refractivity (Wildman–Crippen MR) is 248 cm³/mol. The van der Waals surface area contributed by atoms with Crippen molar-refractivity contribution in [3.63, 3.8) is 0 Å². The van der Waals surface area contributed by atoms with Crippen LogP contribution in [0.3, 0.4) is 0 Å². The molecule has 0 bridgehead atoms. The number of carbonyl (C=O) groups excluding carboxylic acids is 1. The van der Waals surface area contributed by atoms with E-state index >= 15 is 0 Å². The lowest BCUT2D eigenvalue weighted by Gasteiger charge is -2.25. The van der Waals surface area contributed by atoms with Gasteiger partial charge in [0.15, 0.2) is 0 Å². The molecule has 0 aromatic heterocycles. The van der Waals surface area contributed by atoms with E-state index in [-0.39, 0.29) is 5.57 Å². The van der Waals surface area contributed by atoms with Crippen LogP contribution in [0.1, 0.15) is 309 Å². The van der Waals surface area contributed by atoms with Crippen molar-refractivity contribution in [3.8, 4) is 0 Å². The summed E-state index contributed by atoms with van der Waals surface area (Å²) in [4.78, 5) is 11.6. The van der Waals surface area contributed by atoms with Gasteiger partial charge in [0.05, 0.1) is 5.57 Å². The maximum atomic E-state index is 11.6. The first kappa shape index (κ1) is 53.2. The highest BCUT2D eigenvalue weighted by molar-refractivity contribution is 5.92. The van der Waals surface area contributed by atoms with Gasteiger partial charge in [-0.05, 0) is 19.8 Å². The smallest absolute Gasteiger partial charge is 0.336 e. The number of aliphatic hydroxyl groups excluding tert-OH is 1. The fraction of sp³-hybridized carbons (Fsp3) is 0.943. The third-order valence-electron chi connectivity index (χ3n) is 13.3. The number of hydrogen-bond donors (Lipinski definition) is 1. The van der Waals surface area contributed by atoms with Gasteiger partial charge in [0.25, 0.3) is 0 Å². The highest BCUT2D eigenvalue weighted by Gasteiger charge is 2.47. The van der Waals surface area contributed by atoms with Crippen molar-refractivity contribution < 1.29 is 14.6 Å². The number of aliphatic hydroxyl groups is 1. The molecule has 56 heavy (non-hydrogen) atoms. The third-order valence-corrected chi connectivity index (χ3v) is 13.3. The van der Waals surface area contributed by atoms with Gasteiger partial charge in [-0.1, -0.05) is 296 Å². The standard InChI is InChI=1S/C53H102O3/c1-4-5-6-7-8-9-10-11-12-13-14-15-16-17-18-19-20-21-22-23-24-25-26-27-28-29-30-31-32-33-34-35-36-37-38-39-40-41-42-43-44-45-46-47-48-49-53(3)51(54)50(2)52(55)56-53/h51,54H,2,4-49H2,1,3H3/t51?,53-/m1/s1. The van der Waals surface area contributed by atoms with Gasteiger partial charge in [-0.3, -0.25) is 0 Å². The van der Waals surface area contributed by atoms with E-state index in [4.69, 9.17) is 4.74 Å². The molecule has 0 amide bonds. The second kappa shape index (κ2) is 40.9. The van der Waals surface area contributed by atoms with E-state index in [0.717, 1.165) is 19.3 Å². The van der Waals surface area contributed by atoms with Gasteiger partial charge in [0.1, 0.15) is 11.7 Å². The van der Waals surface area contributed by atoms with Crippen LogP contribution in [-0.2, 0) is 9.53 Å². The van der Waals surface area contributed by atoms with Crippen LogP contribution in [0.5, 0.6) is 0 Å². The van der Waals surface area contributed by atoms with E-state index < -0.39 is 17.7 Å². The summed E-state index contributed by atoms with van der Waals surface area (Å²) in [6.45, 7) is 7.79. The maximum Gasteiger partial charge on any atom is 0.336 e. The number of ether oxygens (including phenoxy) is 1. The van der Waals surface area contributed by atoms with Crippen LogP contribution >= 0.6 is 0 Å². The molecule has 0 aromatic rings. The summed E-state index contributed by atoms with van der Waals surface area (Å²) in [6.07, 6.45) is 64.4. The molecule has 0 aromatic carbocycles. The van der Waals surface area contributed by atoms with E-state index in [2.05, 4.69) is 13.5 Å². The zero-order valence-electron chi connectivity index (χ0n) is 38.6. The first-order valence-corrected chi connectivity index (χ1v) is 26.1. The molecule has 1 heterocycles. The highest BCUT2D eigenvalue weighted by atomic mass is 16.6. The zero-order chi connectivity index (χ0) is 40.5. The van der Waals surface area contributed by atoms with E-state index in [0.29, 0.717) is 0 Å². The topological polar surface area (TPSA) is 46.5 Å². The lowest BCUT2D eigenvalue weighted by atomic mass is 9.90. The van der Waals surface area contributed by atoms with Gasteiger partial charge in [0.2, 0.25) is 0 Å². The Morgan fingerprint density at radius 2 is 0.571 bits per heavy atom. The minimum absolute atomic E-state index is 0.208. The number of unbranched alkanes of at least 4 members (excludes halogenated alkanes) is 44. The van der Waals surface area contributed by atoms with Crippen molar-refractivity contribution in [2.75, 3.05) is 0 Å². The Hall–Kier alpha value is -0.830. The van der Waals surface area contributed by atoms with Crippen LogP contribution in [0.15, 0.2) is 12.2 Å². The molecule has 0 radical (unpaired) electrons. The molecule has 1 fully saturated rings. The average Bonchev–Trinajstić information content (AvgIpc) is 3.39. The molecule has 3 nitrogen and oxygen atoms in total. The number of carbonyl (C=O) groups is 1. The van der Waals surface area contributed by atoms with Crippen molar-refractivity contribution >= 4 is 5.97 Å². The van der Waals surface area contributed by atoms with Gasteiger partial charge in [-0.2, -0.15) is 0 Å². The summed E-state index contributed by atoms with van der Waals surface area (Å²) < 4.78 is 5.37. The molecule has 0 aliphatic carbocycles. The van der Waals surface area contributed by atoms with Crippen molar-refractivity contribution in [2.24, 2.45) is 0 Å². The van der Waals surface area contributed by atoms with Crippen LogP contribution in [0, 0.1) is 0 Å². The predicted octanol–water partition coefficient (Wildman–Crippen LogP) is 18.2. The summed E-state index contributed by atoms with van der Waals surface area (Å²) in [5, 5.41) is 10.2. The number of cyclic esters (lactones) is 1. The van der Waals surface area contributed by atoms with Crippen molar-refractivity contribution in [1.29, 1.82) is 0 Å². The van der Waals surface area contributed by atoms with Crippen LogP contribution in [0.25, 0.3) is 0 Å². The monoisotopic (exact) mass is 787 g/mol. The average molecular weight is 787 g/mol. The second-order valence-electron chi connectivity index (χ2n) is 18.9. The molecule has 1 aliphatic heterocycles. The molecule has 0 spiro atoms. The fourth-order valence-electron chi connectivity index (χ4n) is 9.15. The SMILES string of the molecule is C=C1C(=O)O[C@](C)(CCCCCCCCCCCCCCCCCCCCCCCCCCCCCCCCCCCCCCCCCCCCCCC)C1O. The van der Waals surface area contributed by atoms with Gasteiger partial charge in [0, 0.05) is 0 Å². The van der Waals surface area contributed by atoms with Crippen LogP contribution in [0.4, 0.5) is 0 Å². The number of hydrogen-bond acceptors (Lipinski definition) is 3. The highest BCUT2D eigenvalue weighted by Crippen LogP contribution is 2.34. The molecular formula is C53H102O3. The van der Waals surface area contributed by atoms with Gasteiger partial charge in [-0.25, -0.2) is 4.79 Å². The fourth-order valence-corrected chi connectivity index (χ4v) is 9.15. The molecule has 1 saturated heterocycles. The minimum atomic E-state index is -0.850. The Bertz CT molecular complexity index is 837. The van der Waals surface area contributed by atoms with E-state index in [1.54, 1.807) is 0 Å². The normalized spacial score (nSPS) is 17.0. The molecule has 1 unspecified atom stereocenters. The summed E-state index contributed by atoms with van der Waals surface area (Å²) in [5.74, 6) is -0.438. The van der Waals surface area contributed by atoms with E-state index in [1.165, 1.54) is 276 Å². The van der Waals surface area contributed by atoms with E-state index in [1.807, 2.05) is 6.92 Å². The van der Waals surface area contributed by atoms with Gasteiger partial charge >= 0.3 is 5.97 Å². The van der Waals surface area contributed by atoms with Crippen molar-refractivity contribution in [2.45, 2.75) is 321 Å². The van der Waals surface area contributed by atoms with Crippen LogP contribution in [0.2, 0.25) is 0 Å². The first-order valence-electron chi connectivity index (χ1n) is 26.1. The number of esters is 1. The lowest BCUT2D eigenvalue weighted by molar-refractivity contribution is -0.149. The summed E-state index contributed by atoms with van der Waals surface area (Å²) in [7, 11) is 0. The largest absolute Gasteiger partial charge is 0.453 e. The maximum absolute atomic E-state index is 11.6. The lowest BCUT2D eigenvalue weighted by Crippen LogP contribution is -2.36. The van der Waals surface area contributed by atoms with E-state index in [9.17, 15) is 9.90 Å². The Kier molecular flexibility index (Phi) is 38.9. The quantitative estimate of drug-likeness (QED) is 0.0380. The van der Waals surface area contributed by atoms with Gasteiger partial charge < -0.3 is 9.84 Å². The molecule has 1 N–H and O–H groups in total. The third kappa shape index (κ3) is 33.1. The molecule has 1 aliphatic rings. The molecule has 3 heteroatoms. The molecule has 332 valence electrons. The summed E-state index contributed by atoms with van der Waals surface area (Å²) in [5.41, 5.74) is -0.558. The first-order chi connectivity index (χ1) is 27.5. The molecule has 0 saturated carbocycles. The summed E-state index contributed by atoms with van der Waals surface area (Å²) >= 11 is 0. The summed E-state index contributed by atoms with van der Waals surface area (Å²) in [6, 6.07) is 0. The Balaban J connectivity index is 1.63. The zero-order valence-corrected chi connectivity index (χ0v) is 38.6. The number of rotatable bonds is 46. The Morgan fingerprint density at radius 3 is 0.732 bits per heavy atom. The second-order valence-corrected chi connectivity index (χ2v) is 18.9. The molecular weight excluding hydrogens is 685 g/mol. The Labute approximate surface area is 352 Å². The van der Waals surface area contributed by atoms with Crippen molar-refractivity contribution in [3.05, 3.63) is 12.2 Å². The van der Waals surface area contributed by atoms with Crippen molar-refractivity contribution in [1.82, 2.24) is 0 Å². The van der Waals surface area contributed by atoms with Crippen LogP contribution in [-0.4, -0.2) is 22.8 Å². The minimum Gasteiger partial charge on any atom is -0.453 e. The molecule has 2 atom stereocenters. The van der Waals surface area contributed by atoms with Crippen LogP contribution < -0.4 is 0 Å². The Morgan fingerprint density at radius 1 is 0.393 bits per heavy atom.